The van der Waals surface area contributed by atoms with Crippen molar-refractivity contribution in [3.8, 4) is 0 Å². The maximum absolute atomic E-state index is 4.55. The van der Waals surface area contributed by atoms with E-state index in [2.05, 4.69) is 54.4 Å². The smallest absolute Gasteiger partial charge is 0.0674 e. The van der Waals surface area contributed by atoms with Gasteiger partial charge in [0.25, 0.3) is 0 Å². The largest absolute Gasteiger partial charge is 0.257 e. The van der Waals surface area contributed by atoms with E-state index in [0.29, 0.717) is 5.92 Å². The van der Waals surface area contributed by atoms with Gasteiger partial charge in [0.15, 0.2) is 0 Å². The van der Waals surface area contributed by atoms with Crippen molar-refractivity contribution in [3.05, 3.63) is 70.6 Å². The van der Waals surface area contributed by atoms with Crippen LogP contribution in [0, 0.1) is 0 Å². The molecular formula is C18H15N. The van der Waals surface area contributed by atoms with Crippen molar-refractivity contribution in [3.63, 3.8) is 0 Å². The summed E-state index contributed by atoms with van der Waals surface area (Å²) in [5, 5.41) is 0. The summed E-state index contributed by atoms with van der Waals surface area (Å²) in [6.07, 6.45) is 7.61. The zero-order valence-corrected chi connectivity index (χ0v) is 10.9. The van der Waals surface area contributed by atoms with E-state index in [1.807, 2.05) is 12.3 Å². The van der Waals surface area contributed by atoms with Gasteiger partial charge in [0.2, 0.25) is 0 Å². The van der Waals surface area contributed by atoms with E-state index in [4.69, 9.17) is 0 Å². The van der Waals surface area contributed by atoms with Crippen LogP contribution in [0.25, 0.3) is 17.7 Å². The number of rotatable bonds is 1. The second-order valence-corrected chi connectivity index (χ2v) is 5.18. The number of hydrogen-bond donors (Lipinski definition) is 0. The van der Waals surface area contributed by atoms with Gasteiger partial charge in [-0.05, 0) is 52.5 Å². The molecule has 1 atom stereocenters. The molecule has 0 saturated carbocycles. The first-order valence-corrected chi connectivity index (χ1v) is 6.86. The summed E-state index contributed by atoms with van der Waals surface area (Å²) in [5.41, 5.74) is 8.03. The predicted octanol–water partition coefficient (Wildman–Crippen LogP) is 4.53. The molecule has 1 aromatic heterocycles. The minimum absolute atomic E-state index is 0.482. The Kier molecular flexibility index (Phi) is 2.22. The van der Waals surface area contributed by atoms with Gasteiger partial charge in [-0.2, -0.15) is 0 Å². The second kappa shape index (κ2) is 3.92. The molecule has 2 aliphatic rings. The second-order valence-electron chi connectivity index (χ2n) is 5.18. The van der Waals surface area contributed by atoms with Crippen LogP contribution in [-0.2, 0) is 0 Å². The highest BCUT2D eigenvalue weighted by molar-refractivity contribution is 6.04. The first kappa shape index (κ1) is 10.7. The zero-order valence-electron chi connectivity index (χ0n) is 10.9. The summed E-state index contributed by atoms with van der Waals surface area (Å²) >= 11 is 0. The molecule has 0 aliphatic heterocycles. The fourth-order valence-corrected chi connectivity index (χ4v) is 3.31. The van der Waals surface area contributed by atoms with Crippen molar-refractivity contribution < 1.29 is 0 Å². The molecule has 0 N–H and O–H groups in total. The number of fused-ring (bicyclic) bond motifs is 4. The lowest BCUT2D eigenvalue weighted by atomic mass is 9.80. The molecule has 1 heterocycles. The first-order chi connectivity index (χ1) is 9.38. The lowest BCUT2D eigenvalue weighted by Gasteiger charge is -2.25. The molecule has 0 saturated heterocycles. The van der Waals surface area contributed by atoms with Crippen LogP contribution in [0.5, 0.6) is 0 Å². The maximum atomic E-state index is 4.55. The fraction of sp³-hybridized carbons (Fsp3) is 0.167. The third kappa shape index (κ3) is 1.45. The summed E-state index contributed by atoms with van der Waals surface area (Å²) in [7, 11) is 0. The number of nitrogens with zero attached hydrogens (tertiary/aromatic N) is 1. The van der Waals surface area contributed by atoms with E-state index < -0.39 is 0 Å². The number of pyridine rings is 1. The molecule has 0 radical (unpaired) electrons. The van der Waals surface area contributed by atoms with Gasteiger partial charge in [-0.25, -0.2) is 0 Å². The van der Waals surface area contributed by atoms with Gasteiger partial charge >= 0.3 is 0 Å². The van der Waals surface area contributed by atoms with Crippen LogP contribution in [0.4, 0.5) is 0 Å². The van der Waals surface area contributed by atoms with Gasteiger partial charge in [0.05, 0.1) is 5.69 Å². The maximum Gasteiger partial charge on any atom is 0.0674 e. The van der Waals surface area contributed by atoms with E-state index in [-0.39, 0.29) is 0 Å². The van der Waals surface area contributed by atoms with Crippen molar-refractivity contribution in [1.82, 2.24) is 4.98 Å². The Bertz CT molecular complexity index is 722. The molecule has 4 rings (SSSR count). The van der Waals surface area contributed by atoms with Crippen LogP contribution in [-0.4, -0.2) is 4.98 Å². The zero-order chi connectivity index (χ0) is 12.8. The van der Waals surface area contributed by atoms with E-state index in [1.54, 1.807) is 0 Å². The molecule has 2 aromatic rings. The number of benzene rings is 1. The summed E-state index contributed by atoms with van der Waals surface area (Å²) in [5.74, 6) is 0.482. The average molecular weight is 245 g/mol. The van der Waals surface area contributed by atoms with Crippen molar-refractivity contribution in [2.24, 2.45) is 0 Å². The Hall–Kier alpha value is -2.15. The van der Waals surface area contributed by atoms with Crippen molar-refractivity contribution in [1.29, 1.82) is 0 Å². The molecule has 0 amide bonds. The summed E-state index contributed by atoms with van der Waals surface area (Å²) in [6.45, 7) is 2.26. The topological polar surface area (TPSA) is 12.9 Å². The SMILES string of the molecule is CCC1C2=Cc3ccccc3C2=Cc2ncccc21. The minimum atomic E-state index is 0.482. The molecule has 1 unspecified atom stereocenters. The van der Waals surface area contributed by atoms with Gasteiger partial charge in [-0.3, -0.25) is 4.98 Å². The van der Waals surface area contributed by atoms with Crippen molar-refractivity contribution >= 4 is 17.7 Å². The number of aromatic nitrogens is 1. The summed E-state index contributed by atoms with van der Waals surface area (Å²) in [6, 6.07) is 12.9. The number of allylic oxidation sites excluding steroid dienone is 2. The Morgan fingerprint density at radius 2 is 1.95 bits per heavy atom. The number of hydrogen-bond acceptors (Lipinski definition) is 1. The van der Waals surface area contributed by atoms with Crippen LogP contribution in [0.3, 0.4) is 0 Å². The first-order valence-electron chi connectivity index (χ1n) is 6.86. The Morgan fingerprint density at radius 1 is 1.05 bits per heavy atom. The molecule has 0 bridgehead atoms. The van der Waals surface area contributed by atoms with Crippen LogP contribution in [0.15, 0.2) is 48.2 Å². The normalized spacial score (nSPS) is 19.1. The summed E-state index contributed by atoms with van der Waals surface area (Å²) in [4.78, 5) is 4.55. The van der Waals surface area contributed by atoms with Crippen LogP contribution in [0.1, 0.15) is 41.6 Å². The highest BCUT2D eigenvalue weighted by Crippen LogP contribution is 2.48. The van der Waals surface area contributed by atoms with Gasteiger partial charge in [0, 0.05) is 12.1 Å². The molecule has 0 fully saturated rings. The highest BCUT2D eigenvalue weighted by atomic mass is 14.7. The van der Waals surface area contributed by atoms with Crippen LogP contribution < -0.4 is 0 Å². The predicted molar refractivity (Wildman–Crippen MR) is 79.6 cm³/mol. The van der Waals surface area contributed by atoms with Crippen LogP contribution in [0.2, 0.25) is 0 Å². The van der Waals surface area contributed by atoms with Gasteiger partial charge in [-0.1, -0.05) is 37.3 Å². The quantitative estimate of drug-likeness (QED) is 0.719. The third-order valence-electron chi connectivity index (χ3n) is 4.18. The lowest BCUT2D eigenvalue weighted by molar-refractivity contribution is 0.774. The van der Waals surface area contributed by atoms with E-state index in [0.717, 1.165) is 12.1 Å². The third-order valence-corrected chi connectivity index (χ3v) is 4.18. The van der Waals surface area contributed by atoms with Crippen molar-refractivity contribution in [2.75, 3.05) is 0 Å². The van der Waals surface area contributed by atoms with Gasteiger partial charge in [0.1, 0.15) is 0 Å². The standard InChI is InChI=1S/C18H15N/c1-2-13-15-8-5-9-19-18(15)11-17-14-7-4-3-6-12(14)10-16(13)17/h3-11,13H,2H2,1H3. The molecule has 1 heteroatoms. The van der Waals surface area contributed by atoms with Gasteiger partial charge in [-0.15, -0.1) is 0 Å². The van der Waals surface area contributed by atoms with Gasteiger partial charge < -0.3 is 0 Å². The molecule has 1 nitrogen and oxygen atoms in total. The fourth-order valence-electron chi connectivity index (χ4n) is 3.31. The lowest BCUT2D eigenvalue weighted by Crippen LogP contribution is -2.09. The molecule has 19 heavy (non-hydrogen) atoms. The highest BCUT2D eigenvalue weighted by Gasteiger charge is 2.30. The van der Waals surface area contributed by atoms with Crippen LogP contribution >= 0.6 is 0 Å². The van der Waals surface area contributed by atoms with Crippen molar-refractivity contribution in [2.45, 2.75) is 19.3 Å². The molecule has 92 valence electrons. The molecule has 1 aromatic carbocycles. The summed E-state index contributed by atoms with van der Waals surface area (Å²) < 4.78 is 0. The monoisotopic (exact) mass is 245 g/mol. The molecule has 0 spiro atoms. The molecular weight excluding hydrogens is 230 g/mol. The molecule has 2 aliphatic carbocycles. The van der Waals surface area contributed by atoms with E-state index in [9.17, 15) is 0 Å². The van der Waals surface area contributed by atoms with E-state index >= 15 is 0 Å². The Balaban J connectivity index is 1.99. The minimum Gasteiger partial charge on any atom is -0.257 e. The van der Waals surface area contributed by atoms with E-state index in [1.165, 1.54) is 27.8 Å². The Labute approximate surface area is 113 Å². The Morgan fingerprint density at radius 3 is 2.84 bits per heavy atom. The average Bonchev–Trinajstić information content (AvgIpc) is 2.83.